The molecule has 3 fully saturated rings. The third-order valence-electron chi connectivity index (χ3n) is 7.11. The molecule has 2 saturated heterocycles. The quantitative estimate of drug-likeness (QED) is 0.693. The lowest BCUT2D eigenvalue weighted by molar-refractivity contribution is -0.131. The maximum Gasteiger partial charge on any atom is 0.222 e. The van der Waals surface area contributed by atoms with E-state index in [9.17, 15) is 9.18 Å². The molecule has 5 rings (SSSR count). The van der Waals surface area contributed by atoms with E-state index in [1.807, 2.05) is 21.9 Å². The Hall–Kier alpha value is -2.90. The second kappa shape index (κ2) is 9.93. The van der Waals surface area contributed by atoms with E-state index in [1.165, 1.54) is 18.9 Å². The number of anilines is 3. The highest BCUT2D eigenvalue weighted by molar-refractivity contribution is 5.76. The van der Waals surface area contributed by atoms with Crippen LogP contribution in [-0.4, -0.2) is 66.1 Å². The van der Waals surface area contributed by atoms with Crippen molar-refractivity contribution >= 4 is 23.2 Å². The number of piperazine rings is 1. The van der Waals surface area contributed by atoms with Crippen LogP contribution in [0.4, 0.5) is 21.7 Å². The number of rotatable bonds is 7. The van der Waals surface area contributed by atoms with Crippen LogP contribution in [0.2, 0.25) is 0 Å². The summed E-state index contributed by atoms with van der Waals surface area (Å²) in [6, 6.07) is 9.51. The molecule has 1 amide bonds. The Morgan fingerprint density at radius 3 is 2.45 bits per heavy atom. The van der Waals surface area contributed by atoms with Gasteiger partial charge in [-0.25, -0.2) is 14.4 Å². The molecule has 1 aromatic heterocycles. The largest absolute Gasteiger partial charge is 0.367 e. The van der Waals surface area contributed by atoms with Crippen LogP contribution in [0.15, 0.2) is 36.7 Å². The number of halogens is 1. The van der Waals surface area contributed by atoms with Gasteiger partial charge in [-0.15, -0.1) is 0 Å². The molecule has 1 aliphatic carbocycles. The summed E-state index contributed by atoms with van der Waals surface area (Å²) >= 11 is 0. The van der Waals surface area contributed by atoms with E-state index in [0.717, 1.165) is 44.0 Å². The lowest BCUT2D eigenvalue weighted by atomic mass is 9.92. The van der Waals surface area contributed by atoms with E-state index in [4.69, 9.17) is 0 Å². The van der Waals surface area contributed by atoms with Crippen LogP contribution in [0, 0.1) is 11.7 Å². The van der Waals surface area contributed by atoms with Gasteiger partial charge >= 0.3 is 0 Å². The van der Waals surface area contributed by atoms with Gasteiger partial charge in [0.25, 0.3) is 0 Å². The highest BCUT2D eigenvalue weighted by Crippen LogP contribution is 2.28. The van der Waals surface area contributed by atoms with E-state index < -0.39 is 0 Å². The maximum absolute atomic E-state index is 14.0. The zero-order chi connectivity index (χ0) is 22.6. The Balaban J connectivity index is 1.04. The standard InChI is InChI=1S/C25H33FN6O/c26-21-3-1-2-4-22(21)30-13-15-32(16-14-30)25(33)8-5-19-9-11-31(12-10-19)24-17-23(27-18-28-24)29-20-6-7-20/h1-4,17-20H,5-16H2,(H,27,28,29). The molecule has 33 heavy (non-hydrogen) atoms. The summed E-state index contributed by atoms with van der Waals surface area (Å²) in [5.74, 6) is 2.54. The van der Waals surface area contributed by atoms with E-state index >= 15 is 0 Å². The lowest BCUT2D eigenvalue weighted by Gasteiger charge is -2.37. The van der Waals surface area contributed by atoms with Crippen LogP contribution >= 0.6 is 0 Å². The molecule has 3 aliphatic rings. The summed E-state index contributed by atoms with van der Waals surface area (Å²) in [7, 11) is 0. The minimum Gasteiger partial charge on any atom is -0.367 e. The number of amides is 1. The van der Waals surface area contributed by atoms with Crippen molar-refractivity contribution in [3.8, 4) is 0 Å². The number of para-hydroxylation sites is 1. The second-order valence-corrected chi connectivity index (χ2v) is 9.47. The molecular weight excluding hydrogens is 419 g/mol. The fourth-order valence-corrected chi connectivity index (χ4v) is 4.88. The predicted molar refractivity (Wildman–Crippen MR) is 128 cm³/mol. The zero-order valence-corrected chi connectivity index (χ0v) is 19.1. The van der Waals surface area contributed by atoms with Crippen molar-refractivity contribution in [1.29, 1.82) is 0 Å². The molecule has 0 bridgehead atoms. The van der Waals surface area contributed by atoms with E-state index in [0.29, 0.717) is 50.2 Å². The SMILES string of the molecule is O=C(CCC1CCN(c2cc(NC3CC3)ncn2)CC1)N1CCN(c2ccccc2F)CC1. The first-order chi connectivity index (χ1) is 16.2. The summed E-state index contributed by atoms with van der Waals surface area (Å²) in [5.41, 5.74) is 0.635. The van der Waals surface area contributed by atoms with Crippen molar-refractivity contribution in [2.24, 2.45) is 5.92 Å². The molecule has 2 aliphatic heterocycles. The number of piperidine rings is 1. The van der Waals surface area contributed by atoms with Gasteiger partial charge in [0.1, 0.15) is 23.8 Å². The highest BCUT2D eigenvalue weighted by Gasteiger charge is 2.26. The fraction of sp³-hybridized carbons (Fsp3) is 0.560. The summed E-state index contributed by atoms with van der Waals surface area (Å²) < 4.78 is 14.0. The normalized spacial score (nSPS) is 19.6. The number of carbonyl (C=O) groups is 1. The predicted octanol–water partition coefficient (Wildman–Crippen LogP) is 3.54. The van der Waals surface area contributed by atoms with Gasteiger partial charge in [0, 0.05) is 57.8 Å². The molecule has 0 radical (unpaired) electrons. The molecule has 8 heteroatoms. The van der Waals surface area contributed by atoms with Crippen molar-refractivity contribution in [2.45, 2.75) is 44.6 Å². The summed E-state index contributed by atoms with van der Waals surface area (Å²) in [4.78, 5) is 27.9. The van der Waals surface area contributed by atoms with Crippen molar-refractivity contribution in [3.63, 3.8) is 0 Å². The number of hydrogen-bond acceptors (Lipinski definition) is 6. The number of carbonyl (C=O) groups excluding carboxylic acids is 1. The molecule has 176 valence electrons. The first-order valence-corrected chi connectivity index (χ1v) is 12.3. The Morgan fingerprint density at radius 1 is 0.970 bits per heavy atom. The van der Waals surface area contributed by atoms with E-state index in [2.05, 4.69) is 26.3 Å². The van der Waals surface area contributed by atoms with Crippen molar-refractivity contribution in [2.75, 3.05) is 54.4 Å². The number of nitrogens with one attached hydrogen (secondary N) is 1. The molecule has 1 N–H and O–H groups in total. The Bertz CT molecular complexity index is 951. The molecule has 7 nitrogen and oxygen atoms in total. The molecule has 0 atom stereocenters. The number of nitrogens with zero attached hydrogens (tertiary/aromatic N) is 5. The number of hydrogen-bond donors (Lipinski definition) is 1. The molecule has 1 aromatic carbocycles. The van der Waals surface area contributed by atoms with Crippen molar-refractivity contribution in [3.05, 3.63) is 42.5 Å². The van der Waals surface area contributed by atoms with Gasteiger partial charge in [-0.3, -0.25) is 4.79 Å². The summed E-state index contributed by atoms with van der Waals surface area (Å²) in [6.07, 6.45) is 7.82. The van der Waals surface area contributed by atoms with Crippen LogP contribution in [0.3, 0.4) is 0 Å². The van der Waals surface area contributed by atoms with Crippen molar-refractivity contribution < 1.29 is 9.18 Å². The van der Waals surface area contributed by atoms with Crippen LogP contribution < -0.4 is 15.1 Å². The van der Waals surface area contributed by atoms with Gasteiger partial charge in [0.05, 0.1) is 5.69 Å². The third-order valence-corrected chi connectivity index (χ3v) is 7.11. The smallest absolute Gasteiger partial charge is 0.222 e. The Labute approximate surface area is 195 Å². The zero-order valence-electron chi connectivity index (χ0n) is 19.1. The first-order valence-electron chi connectivity index (χ1n) is 12.3. The second-order valence-electron chi connectivity index (χ2n) is 9.47. The molecule has 3 heterocycles. The van der Waals surface area contributed by atoms with Crippen molar-refractivity contribution in [1.82, 2.24) is 14.9 Å². The third kappa shape index (κ3) is 5.54. The first kappa shape index (κ1) is 21.9. The van der Waals surface area contributed by atoms with Crippen LogP contribution in [0.25, 0.3) is 0 Å². The molecule has 0 spiro atoms. The minimum atomic E-state index is -0.194. The Morgan fingerprint density at radius 2 is 1.73 bits per heavy atom. The number of aromatic nitrogens is 2. The average molecular weight is 453 g/mol. The Kier molecular flexibility index (Phi) is 6.60. The van der Waals surface area contributed by atoms with Gasteiger partial charge in [0.15, 0.2) is 0 Å². The summed E-state index contributed by atoms with van der Waals surface area (Å²) in [5, 5.41) is 3.44. The molecule has 1 saturated carbocycles. The molecule has 2 aromatic rings. The molecule has 0 unspecified atom stereocenters. The van der Waals surface area contributed by atoms with Crippen LogP contribution in [0.5, 0.6) is 0 Å². The van der Waals surface area contributed by atoms with Crippen LogP contribution in [0.1, 0.15) is 38.5 Å². The fourth-order valence-electron chi connectivity index (χ4n) is 4.88. The van der Waals surface area contributed by atoms with E-state index in [1.54, 1.807) is 12.4 Å². The van der Waals surface area contributed by atoms with Gasteiger partial charge in [0.2, 0.25) is 5.91 Å². The molecular formula is C25H33FN6O. The topological polar surface area (TPSA) is 64.6 Å². The van der Waals surface area contributed by atoms with Gasteiger partial charge in [-0.2, -0.15) is 0 Å². The highest BCUT2D eigenvalue weighted by atomic mass is 19.1. The summed E-state index contributed by atoms with van der Waals surface area (Å²) in [6.45, 7) is 4.64. The lowest BCUT2D eigenvalue weighted by Crippen LogP contribution is -2.49. The van der Waals surface area contributed by atoms with Gasteiger partial charge in [-0.05, 0) is 50.2 Å². The van der Waals surface area contributed by atoms with Crippen LogP contribution in [-0.2, 0) is 4.79 Å². The van der Waals surface area contributed by atoms with Gasteiger partial charge in [-0.1, -0.05) is 12.1 Å². The monoisotopic (exact) mass is 452 g/mol. The number of benzene rings is 1. The van der Waals surface area contributed by atoms with Gasteiger partial charge < -0.3 is 20.0 Å². The average Bonchev–Trinajstić information content (AvgIpc) is 3.67. The minimum absolute atomic E-state index is 0.194. The van der Waals surface area contributed by atoms with E-state index in [-0.39, 0.29) is 11.7 Å². The maximum atomic E-state index is 14.0.